The minimum Gasteiger partial charge on any atom is -0.490 e. The highest BCUT2D eigenvalue weighted by Crippen LogP contribution is 2.38. The van der Waals surface area contributed by atoms with E-state index in [-0.39, 0.29) is 12.1 Å². The largest absolute Gasteiger partial charge is 0.490 e. The van der Waals surface area contributed by atoms with Crippen LogP contribution in [-0.4, -0.2) is 30.7 Å². The number of aryl methyl sites for hydroxylation is 1. The van der Waals surface area contributed by atoms with Gasteiger partial charge in [0, 0.05) is 18.7 Å². The molecule has 1 atom stereocenters. The van der Waals surface area contributed by atoms with E-state index in [1.807, 2.05) is 48.2 Å². The second kappa shape index (κ2) is 7.28. The predicted octanol–water partition coefficient (Wildman–Crippen LogP) is 4.53. The predicted molar refractivity (Wildman–Crippen MR) is 101 cm³/mol. The molecule has 0 bridgehead atoms. The smallest absolute Gasteiger partial charge is 0.322 e. The lowest BCUT2D eigenvalue weighted by Crippen LogP contribution is -2.34. The van der Waals surface area contributed by atoms with Crippen LogP contribution in [0.4, 0.5) is 10.5 Å². The fraction of sp³-hybridized carbons (Fsp3) is 0.381. The summed E-state index contributed by atoms with van der Waals surface area (Å²) in [7, 11) is 0. The quantitative estimate of drug-likeness (QED) is 0.864. The standard InChI is InChI=1S/C21H24N2O3/c1-15-5-8-17(9-6-15)22-21(24)23-11-2-4-18(23)16-7-10-19-20(14-16)26-13-3-12-25-19/h5-10,14,18H,2-4,11-13H2,1H3,(H,22,24)/t18-/m1/s1. The Kier molecular flexibility index (Phi) is 4.69. The second-order valence-electron chi connectivity index (χ2n) is 6.90. The third kappa shape index (κ3) is 3.47. The van der Waals surface area contributed by atoms with Crippen molar-refractivity contribution in [1.29, 1.82) is 0 Å². The molecule has 0 aromatic heterocycles. The summed E-state index contributed by atoms with van der Waals surface area (Å²) in [6.45, 7) is 4.14. The number of ether oxygens (including phenoxy) is 2. The number of nitrogens with one attached hydrogen (secondary N) is 1. The van der Waals surface area contributed by atoms with Gasteiger partial charge in [-0.3, -0.25) is 0 Å². The van der Waals surface area contributed by atoms with Crippen LogP contribution < -0.4 is 14.8 Å². The summed E-state index contributed by atoms with van der Waals surface area (Å²) in [6.07, 6.45) is 2.85. The number of hydrogen-bond acceptors (Lipinski definition) is 3. The van der Waals surface area contributed by atoms with Crippen LogP contribution in [0.1, 0.15) is 36.4 Å². The topological polar surface area (TPSA) is 50.8 Å². The van der Waals surface area contributed by atoms with Gasteiger partial charge < -0.3 is 19.7 Å². The zero-order chi connectivity index (χ0) is 17.9. The Morgan fingerprint density at radius 1 is 1.04 bits per heavy atom. The Morgan fingerprint density at radius 2 is 1.81 bits per heavy atom. The molecule has 0 unspecified atom stereocenters. The molecule has 2 amide bonds. The Labute approximate surface area is 153 Å². The van der Waals surface area contributed by atoms with Gasteiger partial charge in [-0.15, -0.1) is 0 Å². The first-order valence-electron chi connectivity index (χ1n) is 9.24. The molecule has 0 spiro atoms. The number of urea groups is 1. The number of fused-ring (bicyclic) bond motifs is 1. The van der Waals surface area contributed by atoms with Crippen molar-refractivity contribution in [3.05, 3.63) is 53.6 Å². The van der Waals surface area contributed by atoms with Crippen molar-refractivity contribution >= 4 is 11.7 Å². The van der Waals surface area contributed by atoms with Gasteiger partial charge in [0.15, 0.2) is 11.5 Å². The van der Waals surface area contributed by atoms with Crippen LogP contribution in [0.3, 0.4) is 0 Å². The molecule has 1 fully saturated rings. The third-order valence-electron chi connectivity index (χ3n) is 4.97. The Balaban J connectivity index is 1.52. The van der Waals surface area contributed by atoms with Crippen LogP contribution in [0, 0.1) is 6.92 Å². The van der Waals surface area contributed by atoms with Crippen molar-refractivity contribution in [3.63, 3.8) is 0 Å². The molecule has 1 N–H and O–H groups in total. The van der Waals surface area contributed by atoms with Crippen molar-refractivity contribution in [2.75, 3.05) is 25.1 Å². The maximum absolute atomic E-state index is 12.8. The molecule has 2 aromatic rings. The summed E-state index contributed by atoms with van der Waals surface area (Å²) in [6, 6.07) is 13.9. The van der Waals surface area contributed by atoms with Gasteiger partial charge >= 0.3 is 6.03 Å². The molecule has 26 heavy (non-hydrogen) atoms. The van der Waals surface area contributed by atoms with E-state index in [1.165, 1.54) is 5.56 Å². The number of hydrogen-bond donors (Lipinski definition) is 1. The molecule has 2 aliphatic heterocycles. The Morgan fingerprint density at radius 3 is 2.62 bits per heavy atom. The number of likely N-dealkylation sites (tertiary alicyclic amines) is 1. The lowest BCUT2D eigenvalue weighted by Gasteiger charge is -2.26. The van der Waals surface area contributed by atoms with E-state index in [0.29, 0.717) is 13.2 Å². The summed E-state index contributed by atoms with van der Waals surface area (Å²) in [5.41, 5.74) is 3.10. The first kappa shape index (κ1) is 16.8. The number of benzene rings is 2. The first-order chi connectivity index (χ1) is 12.7. The molecule has 4 rings (SSSR count). The first-order valence-corrected chi connectivity index (χ1v) is 9.24. The zero-order valence-corrected chi connectivity index (χ0v) is 15.0. The van der Waals surface area contributed by atoms with E-state index >= 15 is 0 Å². The Bertz CT molecular complexity index is 788. The molecule has 2 aliphatic rings. The van der Waals surface area contributed by atoms with Gasteiger partial charge in [0.2, 0.25) is 0 Å². The van der Waals surface area contributed by atoms with Crippen LogP contribution in [0.2, 0.25) is 0 Å². The fourth-order valence-corrected chi connectivity index (χ4v) is 3.58. The second-order valence-corrected chi connectivity index (χ2v) is 6.90. The maximum Gasteiger partial charge on any atom is 0.322 e. The van der Waals surface area contributed by atoms with Crippen LogP contribution in [0.25, 0.3) is 0 Å². The molecule has 0 saturated carbocycles. The highest BCUT2D eigenvalue weighted by molar-refractivity contribution is 5.89. The lowest BCUT2D eigenvalue weighted by molar-refractivity contribution is 0.207. The van der Waals surface area contributed by atoms with Gasteiger partial charge in [0.25, 0.3) is 0 Å². The average molecular weight is 352 g/mol. The van der Waals surface area contributed by atoms with Crippen molar-refractivity contribution < 1.29 is 14.3 Å². The highest BCUT2D eigenvalue weighted by atomic mass is 16.5. The number of amides is 2. The van der Waals surface area contributed by atoms with E-state index in [2.05, 4.69) is 11.4 Å². The summed E-state index contributed by atoms with van der Waals surface area (Å²) in [5, 5.41) is 3.01. The number of carbonyl (C=O) groups is 1. The normalized spacial score (nSPS) is 19.1. The third-order valence-corrected chi connectivity index (χ3v) is 4.97. The number of carbonyl (C=O) groups excluding carboxylic acids is 1. The van der Waals surface area contributed by atoms with E-state index in [4.69, 9.17) is 9.47 Å². The minimum absolute atomic E-state index is 0.0523. The fourth-order valence-electron chi connectivity index (χ4n) is 3.58. The van der Waals surface area contributed by atoms with Crippen LogP contribution in [-0.2, 0) is 0 Å². The van der Waals surface area contributed by atoms with Gasteiger partial charge in [0.05, 0.1) is 19.3 Å². The minimum atomic E-state index is -0.0523. The van der Waals surface area contributed by atoms with E-state index in [1.54, 1.807) is 0 Å². The molecule has 2 aromatic carbocycles. The zero-order valence-electron chi connectivity index (χ0n) is 15.0. The molecule has 1 saturated heterocycles. The monoisotopic (exact) mass is 352 g/mol. The highest BCUT2D eigenvalue weighted by Gasteiger charge is 2.30. The van der Waals surface area contributed by atoms with Crippen LogP contribution in [0.15, 0.2) is 42.5 Å². The van der Waals surface area contributed by atoms with Crippen molar-refractivity contribution in [2.24, 2.45) is 0 Å². The summed E-state index contributed by atoms with van der Waals surface area (Å²) < 4.78 is 11.5. The van der Waals surface area contributed by atoms with Crippen molar-refractivity contribution in [3.8, 4) is 11.5 Å². The SMILES string of the molecule is Cc1ccc(NC(=O)N2CCC[C@@H]2c2ccc3c(c2)OCCCO3)cc1. The molecular weight excluding hydrogens is 328 g/mol. The van der Waals surface area contributed by atoms with Crippen LogP contribution in [0.5, 0.6) is 11.5 Å². The Hall–Kier alpha value is -2.69. The van der Waals surface area contributed by atoms with Gasteiger partial charge in [0.1, 0.15) is 0 Å². The van der Waals surface area contributed by atoms with Gasteiger partial charge in [-0.1, -0.05) is 23.8 Å². The molecule has 2 heterocycles. The van der Waals surface area contributed by atoms with Gasteiger partial charge in [-0.05, 0) is 49.6 Å². The van der Waals surface area contributed by atoms with Gasteiger partial charge in [-0.25, -0.2) is 4.79 Å². The van der Waals surface area contributed by atoms with E-state index in [9.17, 15) is 4.79 Å². The molecule has 136 valence electrons. The van der Waals surface area contributed by atoms with Crippen LogP contribution >= 0.6 is 0 Å². The van der Waals surface area contributed by atoms with Gasteiger partial charge in [-0.2, -0.15) is 0 Å². The average Bonchev–Trinajstić information content (AvgIpc) is 3.02. The summed E-state index contributed by atoms with van der Waals surface area (Å²) in [4.78, 5) is 14.7. The summed E-state index contributed by atoms with van der Waals surface area (Å²) in [5.74, 6) is 1.57. The molecule has 5 nitrogen and oxygen atoms in total. The van der Waals surface area contributed by atoms with Crippen molar-refractivity contribution in [1.82, 2.24) is 4.90 Å². The van der Waals surface area contributed by atoms with Crippen molar-refractivity contribution in [2.45, 2.75) is 32.2 Å². The number of rotatable bonds is 2. The number of nitrogens with zero attached hydrogens (tertiary/aromatic N) is 1. The number of anilines is 1. The molecule has 0 aliphatic carbocycles. The lowest BCUT2D eigenvalue weighted by atomic mass is 10.0. The molecule has 5 heteroatoms. The molecule has 0 radical (unpaired) electrons. The molecular formula is C21H24N2O3. The van der Waals surface area contributed by atoms with E-state index in [0.717, 1.165) is 48.6 Å². The maximum atomic E-state index is 12.8. The van der Waals surface area contributed by atoms with E-state index < -0.39 is 0 Å². The summed E-state index contributed by atoms with van der Waals surface area (Å²) >= 11 is 0.